The number of ketones is 1. The second kappa shape index (κ2) is 4.26. The minimum atomic E-state index is 0.283. The van der Waals surface area contributed by atoms with Gasteiger partial charge in [-0.1, -0.05) is 6.92 Å². The molecule has 12 heavy (non-hydrogen) atoms. The van der Waals surface area contributed by atoms with Gasteiger partial charge in [-0.3, -0.25) is 4.79 Å². The Morgan fingerprint density at radius 3 is 2.92 bits per heavy atom. The van der Waals surface area contributed by atoms with Crippen molar-refractivity contribution in [2.24, 2.45) is 0 Å². The van der Waals surface area contributed by atoms with E-state index >= 15 is 0 Å². The number of hydrogen-bond acceptors (Lipinski definition) is 3. The lowest BCUT2D eigenvalue weighted by Gasteiger charge is -2.14. The van der Waals surface area contributed by atoms with Crippen LogP contribution in [-0.4, -0.2) is 19.4 Å². The molecule has 0 spiro atoms. The summed E-state index contributed by atoms with van der Waals surface area (Å²) in [6, 6.07) is 4.01. The first kappa shape index (κ1) is 9.26. The third-order valence-corrected chi connectivity index (χ3v) is 2.67. The molecule has 66 valence electrons. The van der Waals surface area contributed by atoms with Crippen LogP contribution in [0.2, 0.25) is 0 Å². The summed E-state index contributed by atoms with van der Waals surface area (Å²) < 4.78 is 0. The molecule has 0 N–H and O–H groups in total. The van der Waals surface area contributed by atoms with Crippen LogP contribution in [0.1, 0.15) is 13.3 Å². The van der Waals surface area contributed by atoms with E-state index in [9.17, 15) is 4.79 Å². The van der Waals surface area contributed by atoms with E-state index < -0.39 is 0 Å². The van der Waals surface area contributed by atoms with Gasteiger partial charge in [-0.25, -0.2) is 0 Å². The van der Waals surface area contributed by atoms with Crippen LogP contribution in [-0.2, 0) is 4.79 Å². The lowest BCUT2D eigenvalue weighted by molar-refractivity contribution is -0.117. The van der Waals surface area contributed by atoms with Gasteiger partial charge in [0.15, 0.2) is 5.78 Å². The van der Waals surface area contributed by atoms with Gasteiger partial charge in [0.25, 0.3) is 0 Å². The molecule has 0 aliphatic rings. The summed E-state index contributed by atoms with van der Waals surface area (Å²) in [4.78, 5) is 13.1. The minimum Gasteiger partial charge on any atom is -0.359 e. The van der Waals surface area contributed by atoms with Crippen LogP contribution in [0.3, 0.4) is 0 Å². The van der Waals surface area contributed by atoms with Gasteiger partial charge in [-0.05, 0) is 17.5 Å². The van der Waals surface area contributed by atoms with Gasteiger partial charge in [0, 0.05) is 13.5 Å². The highest BCUT2D eigenvalue weighted by Gasteiger charge is 2.05. The first-order valence-electron chi connectivity index (χ1n) is 4.00. The molecule has 0 bridgehead atoms. The monoisotopic (exact) mass is 183 g/mol. The number of carbonyl (C=O) groups excluding carboxylic acids is 1. The molecule has 2 nitrogen and oxygen atoms in total. The molecule has 1 aromatic heterocycles. The van der Waals surface area contributed by atoms with Crippen LogP contribution in [0.5, 0.6) is 0 Å². The summed E-state index contributed by atoms with van der Waals surface area (Å²) in [5, 5.41) is 3.17. The summed E-state index contributed by atoms with van der Waals surface area (Å²) in [5.41, 5.74) is 0. The fraction of sp³-hybridized carbons (Fsp3) is 0.444. The highest BCUT2D eigenvalue weighted by atomic mass is 32.1. The molecule has 1 aromatic rings. The van der Waals surface area contributed by atoms with E-state index in [1.54, 1.807) is 11.3 Å². The number of likely N-dealkylation sites (N-methyl/N-ethyl adjacent to an activating group) is 1. The Morgan fingerprint density at radius 1 is 1.67 bits per heavy atom. The van der Waals surface area contributed by atoms with Crippen molar-refractivity contribution in [3.63, 3.8) is 0 Å². The quantitative estimate of drug-likeness (QED) is 0.713. The second-order valence-electron chi connectivity index (χ2n) is 2.70. The highest BCUT2D eigenvalue weighted by molar-refractivity contribution is 7.14. The maximum Gasteiger partial charge on any atom is 0.151 e. The lowest BCUT2D eigenvalue weighted by Crippen LogP contribution is -2.23. The van der Waals surface area contributed by atoms with Gasteiger partial charge in [0.1, 0.15) is 0 Å². The van der Waals surface area contributed by atoms with E-state index in [1.165, 1.54) is 0 Å². The van der Waals surface area contributed by atoms with Gasteiger partial charge in [0.2, 0.25) is 0 Å². The van der Waals surface area contributed by atoms with Crippen LogP contribution in [0.15, 0.2) is 17.5 Å². The Labute approximate surface area is 76.8 Å². The van der Waals surface area contributed by atoms with Crippen LogP contribution < -0.4 is 4.90 Å². The molecule has 1 heterocycles. The summed E-state index contributed by atoms with van der Waals surface area (Å²) in [6.07, 6.45) is 0.621. The summed E-state index contributed by atoms with van der Waals surface area (Å²) in [5.74, 6) is 0.283. The molecule has 0 radical (unpaired) electrons. The van der Waals surface area contributed by atoms with E-state index in [0.29, 0.717) is 13.0 Å². The van der Waals surface area contributed by atoms with Crippen LogP contribution in [0, 0.1) is 0 Å². The number of anilines is 1. The highest BCUT2D eigenvalue weighted by Crippen LogP contribution is 2.19. The van der Waals surface area contributed by atoms with E-state index in [0.717, 1.165) is 5.00 Å². The summed E-state index contributed by atoms with van der Waals surface area (Å²) >= 11 is 1.66. The van der Waals surface area contributed by atoms with Crippen molar-refractivity contribution in [1.29, 1.82) is 0 Å². The van der Waals surface area contributed by atoms with Crippen LogP contribution in [0.25, 0.3) is 0 Å². The largest absolute Gasteiger partial charge is 0.359 e. The maximum absolute atomic E-state index is 11.1. The predicted octanol–water partition coefficient (Wildman–Crippen LogP) is 2.16. The zero-order valence-electron chi connectivity index (χ0n) is 7.41. The van der Waals surface area contributed by atoms with E-state index in [2.05, 4.69) is 0 Å². The fourth-order valence-electron chi connectivity index (χ4n) is 0.941. The molecule has 0 aliphatic carbocycles. The Kier molecular flexibility index (Phi) is 3.29. The second-order valence-corrected chi connectivity index (χ2v) is 3.63. The van der Waals surface area contributed by atoms with Crippen molar-refractivity contribution >= 4 is 22.1 Å². The Hall–Kier alpha value is -0.830. The number of hydrogen-bond donors (Lipinski definition) is 0. The number of rotatable bonds is 4. The summed E-state index contributed by atoms with van der Waals surface area (Å²) in [6.45, 7) is 2.42. The van der Waals surface area contributed by atoms with Gasteiger partial charge in [-0.2, -0.15) is 0 Å². The smallest absolute Gasteiger partial charge is 0.151 e. The SMILES string of the molecule is CCC(=O)CN(C)c1cccs1. The van der Waals surface area contributed by atoms with Gasteiger partial charge in [-0.15, -0.1) is 11.3 Å². The molecular weight excluding hydrogens is 170 g/mol. The standard InChI is InChI=1S/C9H13NOS/c1-3-8(11)7-10(2)9-5-4-6-12-9/h4-6H,3,7H2,1-2H3. The van der Waals surface area contributed by atoms with Crippen molar-refractivity contribution in [2.75, 3.05) is 18.5 Å². The zero-order chi connectivity index (χ0) is 8.97. The first-order valence-corrected chi connectivity index (χ1v) is 4.88. The number of carbonyl (C=O) groups is 1. The summed E-state index contributed by atoms with van der Waals surface area (Å²) in [7, 11) is 1.94. The van der Waals surface area contributed by atoms with Crippen LogP contribution in [0.4, 0.5) is 5.00 Å². The maximum atomic E-state index is 11.1. The van der Waals surface area contributed by atoms with Crippen molar-refractivity contribution in [3.05, 3.63) is 17.5 Å². The number of nitrogens with zero attached hydrogens (tertiary/aromatic N) is 1. The Balaban J connectivity index is 2.49. The third-order valence-electron chi connectivity index (χ3n) is 1.69. The van der Waals surface area contributed by atoms with Gasteiger partial charge >= 0.3 is 0 Å². The normalized spacial score (nSPS) is 9.83. The molecule has 0 unspecified atom stereocenters. The minimum absolute atomic E-state index is 0.283. The molecular formula is C9H13NOS. The molecule has 0 saturated carbocycles. The Bertz CT molecular complexity index is 243. The average Bonchev–Trinajstić information content (AvgIpc) is 2.56. The van der Waals surface area contributed by atoms with Crippen molar-refractivity contribution in [3.8, 4) is 0 Å². The van der Waals surface area contributed by atoms with Crippen molar-refractivity contribution in [2.45, 2.75) is 13.3 Å². The van der Waals surface area contributed by atoms with E-state index in [-0.39, 0.29) is 5.78 Å². The third kappa shape index (κ3) is 2.34. The van der Waals surface area contributed by atoms with Gasteiger partial charge < -0.3 is 4.90 Å². The predicted molar refractivity (Wildman–Crippen MR) is 52.9 cm³/mol. The van der Waals surface area contributed by atoms with Crippen LogP contribution >= 0.6 is 11.3 Å². The first-order chi connectivity index (χ1) is 5.74. The topological polar surface area (TPSA) is 20.3 Å². The van der Waals surface area contributed by atoms with Crippen molar-refractivity contribution < 1.29 is 4.79 Å². The molecule has 0 amide bonds. The molecule has 0 saturated heterocycles. The van der Waals surface area contributed by atoms with Gasteiger partial charge in [0.05, 0.1) is 11.5 Å². The van der Waals surface area contributed by atoms with E-state index in [4.69, 9.17) is 0 Å². The van der Waals surface area contributed by atoms with E-state index in [1.807, 2.05) is 36.4 Å². The lowest BCUT2D eigenvalue weighted by atomic mass is 10.3. The Morgan fingerprint density at radius 2 is 2.42 bits per heavy atom. The molecule has 1 rings (SSSR count). The number of thiophene rings is 1. The zero-order valence-corrected chi connectivity index (χ0v) is 8.23. The average molecular weight is 183 g/mol. The molecule has 0 aliphatic heterocycles. The molecule has 0 fully saturated rings. The molecule has 0 atom stereocenters. The van der Waals surface area contributed by atoms with Crippen molar-refractivity contribution in [1.82, 2.24) is 0 Å². The molecule has 3 heteroatoms. The molecule has 0 aromatic carbocycles. The number of Topliss-reactive ketones (excluding diaryl/α,β-unsaturated/α-hetero) is 1. The fourth-order valence-corrected chi connectivity index (χ4v) is 1.64.